The molecule has 1 atom stereocenters. The first-order valence-electron chi connectivity index (χ1n) is 7.94. The largest absolute Gasteiger partial charge is 0.396 e. The zero-order chi connectivity index (χ0) is 16.9. The maximum absolute atomic E-state index is 12.5. The number of hydrogen-bond donors (Lipinski definition) is 3. The van der Waals surface area contributed by atoms with E-state index in [0.29, 0.717) is 18.5 Å². The lowest BCUT2D eigenvalue weighted by molar-refractivity contribution is 0.0927. The maximum atomic E-state index is 12.5. The van der Waals surface area contributed by atoms with Crippen LogP contribution in [0.1, 0.15) is 61.4 Å². The third-order valence-corrected chi connectivity index (χ3v) is 3.78. The highest BCUT2D eigenvalue weighted by molar-refractivity contribution is 5.92. The topological polar surface area (TPSA) is 78.0 Å². The van der Waals surface area contributed by atoms with Crippen molar-refractivity contribution in [3.05, 3.63) is 53.3 Å². The smallest absolute Gasteiger partial charge is 0.272 e. The van der Waals surface area contributed by atoms with Crippen molar-refractivity contribution in [2.45, 2.75) is 45.1 Å². The Balaban J connectivity index is 2.12. The van der Waals surface area contributed by atoms with Crippen LogP contribution in [0.3, 0.4) is 0 Å². The van der Waals surface area contributed by atoms with Crippen LogP contribution in [-0.2, 0) is 5.41 Å². The van der Waals surface area contributed by atoms with E-state index in [0.717, 1.165) is 11.3 Å². The molecule has 0 bridgehead atoms. The van der Waals surface area contributed by atoms with Crippen LogP contribution < -0.4 is 5.32 Å². The van der Waals surface area contributed by atoms with E-state index >= 15 is 0 Å². The minimum Gasteiger partial charge on any atom is -0.396 e. The lowest BCUT2D eigenvalue weighted by atomic mass is 9.92. The molecule has 0 spiro atoms. The second-order valence-electron chi connectivity index (χ2n) is 6.72. The lowest BCUT2D eigenvalue weighted by Gasteiger charge is -2.18. The Morgan fingerprint density at radius 2 is 2.00 bits per heavy atom. The van der Waals surface area contributed by atoms with Gasteiger partial charge in [-0.2, -0.15) is 5.10 Å². The molecule has 0 aliphatic rings. The van der Waals surface area contributed by atoms with E-state index < -0.39 is 0 Å². The number of hydrogen-bond acceptors (Lipinski definition) is 3. The summed E-state index contributed by atoms with van der Waals surface area (Å²) in [5.74, 6) is -0.205. The van der Waals surface area contributed by atoms with Gasteiger partial charge in [0.05, 0.1) is 6.04 Å². The average Bonchev–Trinajstić information content (AvgIpc) is 3.02. The minimum atomic E-state index is -0.205. The van der Waals surface area contributed by atoms with Crippen molar-refractivity contribution in [3.63, 3.8) is 0 Å². The first-order chi connectivity index (χ1) is 10.9. The summed E-state index contributed by atoms with van der Waals surface area (Å²) < 4.78 is 0. The number of benzene rings is 1. The van der Waals surface area contributed by atoms with Gasteiger partial charge in [0, 0.05) is 17.7 Å². The van der Waals surface area contributed by atoms with Gasteiger partial charge in [-0.25, -0.2) is 0 Å². The van der Waals surface area contributed by atoms with E-state index in [1.807, 2.05) is 30.3 Å². The Bertz CT molecular complexity index is 629. The summed E-state index contributed by atoms with van der Waals surface area (Å²) >= 11 is 0. The number of amides is 1. The molecule has 5 heteroatoms. The number of aromatic nitrogens is 2. The van der Waals surface area contributed by atoms with Crippen molar-refractivity contribution in [1.29, 1.82) is 0 Å². The van der Waals surface area contributed by atoms with Crippen molar-refractivity contribution in [2.24, 2.45) is 0 Å². The molecule has 1 unspecified atom stereocenters. The Labute approximate surface area is 137 Å². The summed E-state index contributed by atoms with van der Waals surface area (Å²) in [5.41, 5.74) is 2.26. The predicted molar refractivity (Wildman–Crippen MR) is 90.3 cm³/mol. The molecule has 0 fully saturated rings. The minimum absolute atomic E-state index is 0.0821. The summed E-state index contributed by atoms with van der Waals surface area (Å²) in [4.78, 5) is 12.5. The van der Waals surface area contributed by atoms with Crippen LogP contribution in [-0.4, -0.2) is 27.8 Å². The number of carbonyl (C=O) groups excluding carboxylic acids is 1. The van der Waals surface area contributed by atoms with Gasteiger partial charge in [-0.3, -0.25) is 9.89 Å². The summed E-state index contributed by atoms with van der Waals surface area (Å²) in [6.07, 6.45) is 1.32. The average molecular weight is 315 g/mol. The van der Waals surface area contributed by atoms with Crippen molar-refractivity contribution in [3.8, 4) is 0 Å². The quantitative estimate of drug-likeness (QED) is 0.767. The number of aromatic amines is 1. The van der Waals surface area contributed by atoms with Gasteiger partial charge < -0.3 is 10.4 Å². The van der Waals surface area contributed by atoms with E-state index in [-0.39, 0.29) is 24.0 Å². The van der Waals surface area contributed by atoms with Crippen LogP contribution in [0.4, 0.5) is 0 Å². The first kappa shape index (κ1) is 17.2. The Morgan fingerprint density at radius 3 is 2.57 bits per heavy atom. The molecular weight excluding hydrogens is 290 g/mol. The third kappa shape index (κ3) is 4.66. The zero-order valence-electron chi connectivity index (χ0n) is 14.0. The second-order valence-corrected chi connectivity index (χ2v) is 6.72. The van der Waals surface area contributed by atoms with E-state index in [1.165, 1.54) is 0 Å². The summed E-state index contributed by atoms with van der Waals surface area (Å²) in [7, 11) is 0. The lowest BCUT2D eigenvalue weighted by Crippen LogP contribution is -2.29. The number of H-pyrrole nitrogens is 1. The molecule has 1 heterocycles. The molecule has 0 radical (unpaired) electrons. The molecule has 2 rings (SSSR count). The summed E-state index contributed by atoms with van der Waals surface area (Å²) in [6, 6.07) is 11.5. The number of nitrogens with one attached hydrogen (secondary N) is 2. The number of rotatable bonds is 6. The van der Waals surface area contributed by atoms with Crippen molar-refractivity contribution in [2.75, 3.05) is 6.61 Å². The summed E-state index contributed by atoms with van der Waals surface area (Å²) in [5, 5.41) is 19.1. The summed E-state index contributed by atoms with van der Waals surface area (Å²) in [6.45, 7) is 6.30. The monoisotopic (exact) mass is 315 g/mol. The molecular formula is C18H25N3O2. The van der Waals surface area contributed by atoms with Gasteiger partial charge >= 0.3 is 0 Å². The van der Waals surface area contributed by atoms with Gasteiger partial charge in [-0.1, -0.05) is 51.1 Å². The van der Waals surface area contributed by atoms with Gasteiger partial charge in [0.2, 0.25) is 0 Å². The fourth-order valence-electron chi connectivity index (χ4n) is 2.36. The highest BCUT2D eigenvalue weighted by Crippen LogP contribution is 2.22. The number of nitrogens with zero attached hydrogens (tertiary/aromatic N) is 1. The molecule has 23 heavy (non-hydrogen) atoms. The number of aliphatic hydroxyl groups excluding tert-OH is 1. The van der Waals surface area contributed by atoms with Crippen LogP contribution in [0.5, 0.6) is 0 Å². The normalized spacial score (nSPS) is 12.9. The molecule has 1 aromatic heterocycles. The Kier molecular flexibility index (Phi) is 5.55. The van der Waals surface area contributed by atoms with Crippen LogP contribution in [0.15, 0.2) is 36.4 Å². The molecule has 5 nitrogen and oxygen atoms in total. The van der Waals surface area contributed by atoms with Gasteiger partial charge in [0.1, 0.15) is 5.69 Å². The number of carbonyl (C=O) groups is 1. The van der Waals surface area contributed by atoms with E-state index in [4.69, 9.17) is 5.11 Å². The molecule has 0 aliphatic heterocycles. The van der Waals surface area contributed by atoms with E-state index in [1.54, 1.807) is 6.07 Å². The fraction of sp³-hybridized carbons (Fsp3) is 0.444. The molecule has 2 aromatic rings. The van der Waals surface area contributed by atoms with Gasteiger partial charge in [0.25, 0.3) is 5.91 Å². The van der Waals surface area contributed by atoms with Crippen LogP contribution in [0.25, 0.3) is 0 Å². The highest BCUT2D eigenvalue weighted by Gasteiger charge is 2.21. The van der Waals surface area contributed by atoms with E-state index in [2.05, 4.69) is 36.3 Å². The molecule has 124 valence electrons. The molecule has 1 amide bonds. The Hall–Kier alpha value is -2.14. The third-order valence-electron chi connectivity index (χ3n) is 3.78. The second kappa shape index (κ2) is 7.42. The van der Waals surface area contributed by atoms with Gasteiger partial charge in [0.15, 0.2) is 0 Å². The molecule has 0 saturated carbocycles. The zero-order valence-corrected chi connectivity index (χ0v) is 14.0. The van der Waals surface area contributed by atoms with Crippen LogP contribution in [0.2, 0.25) is 0 Å². The van der Waals surface area contributed by atoms with Crippen LogP contribution >= 0.6 is 0 Å². The molecule has 1 aromatic carbocycles. The SMILES string of the molecule is CC(C)(C)c1cc(C(=O)NC(CCCO)c2ccccc2)n[nH]1. The van der Waals surface area contributed by atoms with E-state index in [9.17, 15) is 4.79 Å². The predicted octanol–water partition coefficient (Wildman–Crippen LogP) is 2.95. The molecule has 0 aliphatic carbocycles. The molecule has 3 N–H and O–H groups in total. The van der Waals surface area contributed by atoms with Gasteiger partial charge in [-0.05, 0) is 24.5 Å². The van der Waals surface area contributed by atoms with Crippen LogP contribution in [0, 0.1) is 0 Å². The van der Waals surface area contributed by atoms with Gasteiger partial charge in [-0.15, -0.1) is 0 Å². The fourth-order valence-corrected chi connectivity index (χ4v) is 2.36. The Morgan fingerprint density at radius 1 is 1.30 bits per heavy atom. The van der Waals surface area contributed by atoms with Crippen molar-refractivity contribution >= 4 is 5.91 Å². The van der Waals surface area contributed by atoms with Crippen molar-refractivity contribution in [1.82, 2.24) is 15.5 Å². The molecule has 0 saturated heterocycles. The standard InChI is InChI=1S/C18H25N3O2/c1-18(2,3)16-12-15(20-21-16)17(23)19-14(10-7-11-22)13-8-5-4-6-9-13/h4-6,8-9,12,14,22H,7,10-11H2,1-3H3,(H,19,23)(H,20,21). The maximum Gasteiger partial charge on any atom is 0.272 e. The first-order valence-corrected chi connectivity index (χ1v) is 7.94. The number of aliphatic hydroxyl groups is 1. The highest BCUT2D eigenvalue weighted by atomic mass is 16.3. The van der Waals surface area contributed by atoms with Crippen molar-refractivity contribution < 1.29 is 9.90 Å².